The van der Waals surface area contributed by atoms with Crippen molar-refractivity contribution < 1.29 is 9.59 Å². The number of carbonyl (C=O) groups excluding carboxylic acids is 2. The van der Waals surface area contributed by atoms with Gasteiger partial charge in [0.15, 0.2) is 0 Å². The number of piperidine rings is 2. The average Bonchev–Trinajstić information content (AvgIpc) is 3.49. The number of rotatable bonds is 7. The Bertz CT molecular complexity index is 1370. The van der Waals surface area contributed by atoms with Crippen molar-refractivity contribution in [2.45, 2.75) is 76.9 Å². The van der Waals surface area contributed by atoms with E-state index in [-0.39, 0.29) is 17.7 Å². The normalized spacial score (nSPS) is 23.6. The number of hydrogen-bond acceptors (Lipinski definition) is 4. The molecule has 2 atom stereocenters. The number of aromatic nitrogens is 2. The lowest BCUT2D eigenvalue weighted by molar-refractivity contribution is -0.133. The van der Waals surface area contributed by atoms with Crippen molar-refractivity contribution in [3.63, 3.8) is 0 Å². The zero-order valence-corrected chi connectivity index (χ0v) is 24.4. The molecule has 3 aliphatic rings. The minimum absolute atomic E-state index is 0.0624. The standard InChI is InChI=1S/C32H40ClN5O2/c1-22-8-9-27(20-29(22)33)37(32(40)24-12-16-35(17-13-24)23(2)39)15-5-14-36-25-10-11-26(36)19-28(18-25)38-21-34-30-6-3-4-7-31(30)38/h3-4,6-9,20-21,24-26,28H,5,10-19H2,1-2H3. The van der Waals surface area contributed by atoms with Crippen LogP contribution in [0.2, 0.25) is 5.02 Å². The van der Waals surface area contributed by atoms with Crippen molar-refractivity contribution in [1.82, 2.24) is 19.4 Å². The maximum Gasteiger partial charge on any atom is 0.230 e. The fourth-order valence-corrected chi connectivity index (χ4v) is 7.47. The van der Waals surface area contributed by atoms with E-state index in [1.54, 1.807) is 6.92 Å². The number of carbonyl (C=O) groups is 2. The van der Waals surface area contributed by atoms with Gasteiger partial charge in [-0.15, -0.1) is 0 Å². The Morgan fingerprint density at radius 3 is 2.42 bits per heavy atom. The number of halogens is 1. The molecule has 8 heteroatoms. The molecule has 3 aromatic rings. The summed E-state index contributed by atoms with van der Waals surface area (Å²) < 4.78 is 2.40. The first-order chi connectivity index (χ1) is 19.4. The summed E-state index contributed by atoms with van der Waals surface area (Å²) in [6, 6.07) is 16.1. The van der Waals surface area contributed by atoms with Crippen molar-refractivity contribution >= 4 is 40.1 Å². The third-order valence-electron chi connectivity index (χ3n) is 9.55. The van der Waals surface area contributed by atoms with Crippen molar-refractivity contribution in [2.75, 3.05) is 31.1 Å². The highest BCUT2D eigenvalue weighted by molar-refractivity contribution is 6.31. The van der Waals surface area contributed by atoms with Gasteiger partial charge in [0.25, 0.3) is 0 Å². The Morgan fingerprint density at radius 2 is 1.73 bits per heavy atom. The second-order valence-electron chi connectivity index (χ2n) is 11.9. The predicted molar refractivity (Wildman–Crippen MR) is 160 cm³/mol. The van der Waals surface area contributed by atoms with E-state index in [9.17, 15) is 9.59 Å². The third kappa shape index (κ3) is 5.38. The van der Waals surface area contributed by atoms with Gasteiger partial charge < -0.3 is 14.4 Å². The van der Waals surface area contributed by atoms with Gasteiger partial charge in [-0.1, -0.05) is 29.8 Å². The summed E-state index contributed by atoms with van der Waals surface area (Å²) >= 11 is 6.50. The molecule has 0 spiro atoms. The number of aryl methyl sites for hydroxylation is 1. The molecule has 0 radical (unpaired) electrons. The molecule has 0 N–H and O–H groups in total. The van der Waals surface area contributed by atoms with E-state index in [1.165, 1.54) is 18.4 Å². The van der Waals surface area contributed by atoms with E-state index >= 15 is 0 Å². The van der Waals surface area contributed by atoms with Gasteiger partial charge in [-0.3, -0.25) is 14.5 Å². The van der Waals surface area contributed by atoms with E-state index in [0.29, 0.717) is 42.8 Å². The van der Waals surface area contributed by atoms with E-state index in [4.69, 9.17) is 11.6 Å². The molecule has 2 bridgehead atoms. The molecule has 2 unspecified atom stereocenters. The van der Waals surface area contributed by atoms with E-state index in [0.717, 1.165) is 55.4 Å². The smallest absolute Gasteiger partial charge is 0.230 e. The average molecular weight is 562 g/mol. The lowest BCUT2D eigenvalue weighted by Crippen LogP contribution is -2.46. The number of nitrogens with zero attached hydrogens (tertiary/aromatic N) is 5. The number of anilines is 1. The van der Waals surface area contributed by atoms with Crippen LogP contribution in [0.25, 0.3) is 11.0 Å². The van der Waals surface area contributed by atoms with Crippen molar-refractivity contribution in [3.8, 4) is 0 Å². The number of imidazole rings is 1. The molecule has 1 aromatic heterocycles. The van der Waals surface area contributed by atoms with Gasteiger partial charge in [-0.2, -0.15) is 0 Å². The maximum absolute atomic E-state index is 13.8. The molecule has 40 heavy (non-hydrogen) atoms. The molecule has 2 amide bonds. The van der Waals surface area contributed by atoms with E-state index in [1.807, 2.05) is 41.2 Å². The first-order valence-electron chi connectivity index (χ1n) is 14.9. The van der Waals surface area contributed by atoms with Crippen LogP contribution in [-0.4, -0.2) is 69.4 Å². The highest BCUT2D eigenvalue weighted by atomic mass is 35.5. The molecule has 3 fully saturated rings. The quantitative estimate of drug-likeness (QED) is 0.363. The lowest BCUT2D eigenvalue weighted by atomic mass is 9.94. The fraction of sp³-hybridized carbons (Fsp3) is 0.531. The molecular formula is C32H40ClN5O2. The summed E-state index contributed by atoms with van der Waals surface area (Å²) in [5, 5.41) is 0.689. The molecule has 3 aliphatic heterocycles. The molecule has 3 saturated heterocycles. The topological polar surface area (TPSA) is 61.7 Å². The monoisotopic (exact) mass is 561 g/mol. The Morgan fingerprint density at radius 1 is 1.00 bits per heavy atom. The molecule has 2 aromatic carbocycles. The van der Waals surface area contributed by atoms with E-state index < -0.39 is 0 Å². The predicted octanol–water partition coefficient (Wildman–Crippen LogP) is 5.85. The molecular weight excluding hydrogens is 522 g/mol. The van der Waals surface area contributed by atoms with Crippen LogP contribution in [0.1, 0.15) is 63.5 Å². The van der Waals surface area contributed by atoms with Gasteiger partial charge in [-0.05, 0) is 81.7 Å². The third-order valence-corrected chi connectivity index (χ3v) is 9.96. The largest absolute Gasteiger partial charge is 0.343 e. The highest BCUT2D eigenvalue weighted by Crippen LogP contribution is 2.42. The van der Waals surface area contributed by atoms with Crippen molar-refractivity contribution in [1.29, 1.82) is 0 Å². The second-order valence-corrected chi connectivity index (χ2v) is 12.4. The molecule has 0 aliphatic carbocycles. The van der Waals surface area contributed by atoms with Gasteiger partial charge in [0.1, 0.15) is 0 Å². The number of fused-ring (bicyclic) bond motifs is 3. The molecule has 4 heterocycles. The second kappa shape index (κ2) is 11.5. The summed E-state index contributed by atoms with van der Waals surface area (Å²) in [7, 11) is 0. The molecule has 7 nitrogen and oxygen atoms in total. The first-order valence-corrected chi connectivity index (χ1v) is 15.3. The fourth-order valence-electron chi connectivity index (χ4n) is 7.30. The zero-order chi connectivity index (χ0) is 27.8. The van der Waals surface area contributed by atoms with Crippen LogP contribution in [0.4, 0.5) is 5.69 Å². The molecule has 212 valence electrons. The SMILES string of the molecule is CC(=O)N1CCC(C(=O)N(CCCN2C3CCC2CC(n2cnc4ccccc42)C3)c2ccc(C)c(Cl)c2)CC1. The number of para-hydroxylation sites is 2. The van der Waals surface area contributed by atoms with Crippen LogP contribution in [0.5, 0.6) is 0 Å². The highest BCUT2D eigenvalue weighted by Gasteiger charge is 2.41. The lowest BCUT2D eigenvalue weighted by Gasteiger charge is -2.40. The van der Waals surface area contributed by atoms with Crippen LogP contribution in [0.3, 0.4) is 0 Å². The molecule has 6 rings (SSSR count). The van der Waals surface area contributed by atoms with Gasteiger partial charge >= 0.3 is 0 Å². The van der Waals surface area contributed by atoms with Crippen LogP contribution in [0.15, 0.2) is 48.8 Å². The van der Waals surface area contributed by atoms with Crippen LogP contribution >= 0.6 is 11.6 Å². The maximum atomic E-state index is 13.8. The van der Waals surface area contributed by atoms with Gasteiger partial charge in [0.2, 0.25) is 11.8 Å². The number of benzene rings is 2. The number of amides is 2. The first kappa shape index (κ1) is 27.3. The summed E-state index contributed by atoms with van der Waals surface area (Å²) in [4.78, 5) is 36.8. The zero-order valence-electron chi connectivity index (χ0n) is 23.6. The van der Waals surface area contributed by atoms with E-state index in [2.05, 4.69) is 38.7 Å². The Labute approximate surface area is 242 Å². The Hall–Kier alpha value is -2.90. The van der Waals surface area contributed by atoms with Crippen LogP contribution in [-0.2, 0) is 9.59 Å². The summed E-state index contributed by atoms with van der Waals surface area (Å²) in [5.74, 6) is 0.192. The van der Waals surface area contributed by atoms with Crippen LogP contribution in [0, 0.1) is 12.8 Å². The Kier molecular flexibility index (Phi) is 7.87. The summed E-state index contributed by atoms with van der Waals surface area (Å²) in [5.41, 5.74) is 4.20. The van der Waals surface area contributed by atoms with Gasteiger partial charge in [0, 0.05) is 67.9 Å². The minimum Gasteiger partial charge on any atom is -0.343 e. The van der Waals surface area contributed by atoms with Gasteiger partial charge in [0.05, 0.1) is 17.4 Å². The van der Waals surface area contributed by atoms with Gasteiger partial charge in [-0.25, -0.2) is 4.98 Å². The molecule has 0 saturated carbocycles. The summed E-state index contributed by atoms with van der Waals surface area (Å²) in [6.07, 6.45) is 9.20. The van der Waals surface area contributed by atoms with Crippen molar-refractivity contribution in [3.05, 3.63) is 59.4 Å². The summed E-state index contributed by atoms with van der Waals surface area (Å²) in [6.45, 7) is 6.57. The number of hydrogen-bond donors (Lipinski definition) is 0. The van der Waals surface area contributed by atoms with Crippen molar-refractivity contribution in [2.24, 2.45) is 5.92 Å². The number of likely N-dealkylation sites (tertiary alicyclic amines) is 1. The Balaban J connectivity index is 1.11. The van der Waals surface area contributed by atoms with Crippen LogP contribution < -0.4 is 4.90 Å². The minimum atomic E-state index is -0.0624.